The van der Waals surface area contributed by atoms with Crippen molar-refractivity contribution < 1.29 is 14.6 Å². The lowest BCUT2D eigenvalue weighted by molar-refractivity contribution is 0.0697. The van der Waals surface area contributed by atoms with Crippen LogP contribution >= 0.6 is 23.2 Å². The molecule has 0 fully saturated rings. The number of carboxylic acids is 1. The number of carboxylic acid groups (broad SMARTS) is 1. The molecule has 4 nitrogen and oxygen atoms in total. The van der Waals surface area contributed by atoms with Crippen LogP contribution < -0.4 is 4.74 Å². The van der Waals surface area contributed by atoms with E-state index in [1.54, 1.807) is 54.6 Å². The number of carbonyl (C=O) groups is 1. The number of pyridine rings is 1. The van der Waals surface area contributed by atoms with Crippen molar-refractivity contribution in [2.45, 2.75) is 6.61 Å². The molecule has 0 saturated carbocycles. The number of hydrogen-bond acceptors (Lipinski definition) is 3. The van der Waals surface area contributed by atoms with Crippen molar-refractivity contribution in [2.24, 2.45) is 0 Å². The molecule has 3 aromatic rings. The number of hydrogen-bond donors (Lipinski definition) is 1. The highest BCUT2D eigenvalue weighted by Crippen LogP contribution is 2.24. The van der Waals surface area contributed by atoms with E-state index < -0.39 is 5.97 Å². The molecule has 0 unspecified atom stereocenters. The lowest BCUT2D eigenvalue weighted by Gasteiger charge is -2.09. The largest absolute Gasteiger partial charge is 0.478 e. The van der Waals surface area contributed by atoms with E-state index in [-0.39, 0.29) is 12.2 Å². The molecule has 0 atom stereocenters. The van der Waals surface area contributed by atoms with Crippen molar-refractivity contribution in [3.05, 3.63) is 81.8 Å². The van der Waals surface area contributed by atoms with Crippen LogP contribution in [0.4, 0.5) is 0 Å². The first kappa shape index (κ1) is 17.3. The molecule has 3 rings (SSSR count). The van der Waals surface area contributed by atoms with E-state index in [2.05, 4.69) is 4.98 Å². The normalized spacial score (nSPS) is 10.5. The zero-order valence-electron chi connectivity index (χ0n) is 12.9. The fourth-order valence-corrected chi connectivity index (χ4v) is 2.72. The van der Waals surface area contributed by atoms with Crippen LogP contribution in [0.1, 0.15) is 15.9 Å². The van der Waals surface area contributed by atoms with Gasteiger partial charge in [0.25, 0.3) is 0 Å². The average molecular weight is 374 g/mol. The van der Waals surface area contributed by atoms with Crippen molar-refractivity contribution in [2.75, 3.05) is 0 Å². The fourth-order valence-electron chi connectivity index (χ4n) is 2.26. The minimum absolute atomic E-state index is 0.207. The molecule has 0 spiro atoms. The van der Waals surface area contributed by atoms with Gasteiger partial charge in [0, 0.05) is 27.2 Å². The number of halogens is 2. The highest BCUT2D eigenvalue weighted by molar-refractivity contribution is 6.35. The van der Waals surface area contributed by atoms with Gasteiger partial charge in [0.1, 0.15) is 6.61 Å². The van der Waals surface area contributed by atoms with E-state index in [9.17, 15) is 4.79 Å². The quantitative estimate of drug-likeness (QED) is 0.656. The van der Waals surface area contributed by atoms with Crippen molar-refractivity contribution >= 4 is 29.2 Å². The van der Waals surface area contributed by atoms with Crippen molar-refractivity contribution in [1.82, 2.24) is 4.98 Å². The zero-order chi connectivity index (χ0) is 17.8. The van der Waals surface area contributed by atoms with E-state index in [1.165, 1.54) is 6.07 Å². The number of benzene rings is 2. The molecule has 0 saturated heterocycles. The molecular formula is C19H13Cl2NO3. The van der Waals surface area contributed by atoms with Crippen molar-refractivity contribution in [3.63, 3.8) is 0 Å². The maximum atomic E-state index is 11.1. The standard InChI is InChI=1S/C19H13Cl2NO3/c20-15-8-7-14(16(21)10-15)11-25-18-6-2-5-17(22-18)12-3-1-4-13(9-12)19(23)24/h1-10H,11H2,(H,23,24). The maximum absolute atomic E-state index is 11.1. The predicted molar refractivity (Wildman–Crippen MR) is 97.4 cm³/mol. The minimum atomic E-state index is -0.980. The van der Waals surface area contributed by atoms with Crippen molar-refractivity contribution in [3.8, 4) is 17.1 Å². The molecule has 126 valence electrons. The van der Waals surface area contributed by atoms with Crippen LogP contribution in [-0.4, -0.2) is 16.1 Å². The van der Waals surface area contributed by atoms with Gasteiger partial charge in [-0.05, 0) is 30.3 Å². The van der Waals surface area contributed by atoms with Crippen molar-refractivity contribution in [1.29, 1.82) is 0 Å². The molecule has 1 N–H and O–H groups in total. The summed E-state index contributed by atoms with van der Waals surface area (Å²) in [5.74, 6) is -0.559. The third-order valence-electron chi connectivity index (χ3n) is 3.52. The summed E-state index contributed by atoms with van der Waals surface area (Å²) < 4.78 is 5.70. The lowest BCUT2D eigenvalue weighted by atomic mass is 10.1. The van der Waals surface area contributed by atoms with Crippen LogP contribution in [0.3, 0.4) is 0 Å². The van der Waals surface area contributed by atoms with Gasteiger partial charge in [0.15, 0.2) is 0 Å². The molecule has 0 amide bonds. The second-order valence-corrected chi connectivity index (χ2v) is 6.12. The summed E-state index contributed by atoms with van der Waals surface area (Å²) in [7, 11) is 0. The molecule has 2 aromatic carbocycles. The fraction of sp³-hybridized carbons (Fsp3) is 0.0526. The highest BCUT2D eigenvalue weighted by atomic mass is 35.5. The van der Waals surface area contributed by atoms with E-state index in [0.717, 1.165) is 5.56 Å². The first-order valence-electron chi connectivity index (χ1n) is 7.40. The average Bonchev–Trinajstić information content (AvgIpc) is 2.61. The maximum Gasteiger partial charge on any atom is 0.335 e. The van der Waals surface area contributed by atoms with Gasteiger partial charge in [-0.3, -0.25) is 0 Å². The Morgan fingerprint density at radius 1 is 1.04 bits per heavy atom. The highest BCUT2D eigenvalue weighted by Gasteiger charge is 2.08. The second kappa shape index (κ2) is 7.55. The van der Waals surface area contributed by atoms with Gasteiger partial charge in [-0.25, -0.2) is 9.78 Å². The Morgan fingerprint density at radius 2 is 1.84 bits per heavy atom. The van der Waals surface area contributed by atoms with Gasteiger partial charge in [-0.2, -0.15) is 0 Å². The summed E-state index contributed by atoms with van der Waals surface area (Å²) in [4.78, 5) is 15.5. The topological polar surface area (TPSA) is 59.4 Å². The number of rotatable bonds is 5. The molecule has 0 radical (unpaired) electrons. The molecule has 25 heavy (non-hydrogen) atoms. The summed E-state index contributed by atoms with van der Waals surface area (Å²) in [6, 6.07) is 17.1. The van der Waals surface area contributed by atoms with E-state index in [1.807, 2.05) is 0 Å². The summed E-state index contributed by atoms with van der Waals surface area (Å²) in [5, 5.41) is 10.2. The monoisotopic (exact) mass is 373 g/mol. The van der Waals surface area contributed by atoms with E-state index in [0.29, 0.717) is 27.2 Å². The number of aromatic nitrogens is 1. The Morgan fingerprint density at radius 3 is 2.60 bits per heavy atom. The Labute approximate surface area is 154 Å². The summed E-state index contributed by atoms with van der Waals surface area (Å²) in [5.41, 5.74) is 2.34. The molecule has 1 heterocycles. The summed E-state index contributed by atoms with van der Waals surface area (Å²) >= 11 is 12.0. The van der Waals surface area contributed by atoms with Crippen LogP contribution in [0.5, 0.6) is 5.88 Å². The first-order valence-corrected chi connectivity index (χ1v) is 8.16. The molecule has 0 aliphatic rings. The van der Waals surface area contributed by atoms with Gasteiger partial charge < -0.3 is 9.84 Å². The Kier molecular flexibility index (Phi) is 5.22. The van der Waals surface area contributed by atoms with E-state index >= 15 is 0 Å². The van der Waals surface area contributed by atoms with Gasteiger partial charge in [0.05, 0.1) is 11.3 Å². The molecular weight excluding hydrogens is 361 g/mol. The molecule has 6 heteroatoms. The van der Waals surface area contributed by atoms with Gasteiger partial charge in [0.2, 0.25) is 5.88 Å². The van der Waals surface area contributed by atoms with E-state index in [4.69, 9.17) is 33.0 Å². The number of ether oxygens (including phenoxy) is 1. The molecule has 0 bridgehead atoms. The predicted octanol–water partition coefficient (Wildman–Crippen LogP) is 5.33. The smallest absolute Gasteiger partial charge is 0.335 e. The van der Waals surface area contributed by atoms with Crippen LogP contribution in [0.2, 0.25) is 10.0 Å². The van der Waals surface area contributed by atoms with Crippen LogP contribution in [0, 0.1) is 0 Å². The van der Waals surface area contributed by atoms with Crippen LogP contribution in [0.25, 0.3) is 11.3 Å². The molecule has 1 aromatic heterocycles. The van der Waals surface area contributed by atoms with Crippen LogP contribution in [-0.2, 0) is 6.61 Å². The van der Waals surface area contributed by atoms with Gasteiger partial charge >= 0.3 is 5.97 Å². The lowest BCUT2D eigenvalue weighted by Crippen LogP contribution is -1.99. The number of nitrogens with zero attached hydrogens (tertiary/aromatic N) is 1. The third-order valence-corrected chi connectivity index (χ3v) is 4.11. The first-order chi connectivity index (χ1) is 12.0. The molecule has 0 aliphatic carbocycles. The minimum Gasteiger partial charge on any atom is -0.478 e. The SMILES string of the molecule is O=C(O)c1cccc(-c2cccc(OCc3ccc(Cl)cc3Cl)n2)c1. The summed E-state index contributed by atoms with van der Waals surface area (Å²) in [6.45, 7) is 0.252. The van der Waals surface area contributed by atoms with Gasteiger partial charge in [-0.15, -0.1) is 0 Å². The number of aromatic carboxylic acids is 1. The third kappa shape index (κ3) is 4.29. The zero-order valence-corrected chi connectivity index (χ0v) is 14.5. The van der Waals surface area contributed by atoms with Gasteiger partial charge in [-0.1, -0.05) is 47.5 Å². The summed E-state index contributed by atoms with van der Waals surface area (Å²) in [6.07, 6.45) is 0. The second-order valence-electron chi connectivity index (χ2n) is 5.27. The molecule has 0 aliphatic heterocycles. The Bertz CT molecular complexity index is 928. The van der Waals surface area contributed by atoms with Crippen LogP contribution in [0.15, 0.2) is 60.7 Å². The Hall–Kier alpha value is -2.56. The Balaban J connectivity index is 1.80.